The Labute approximate surface area is 95.4 Å². The summed E-state index contributed by atoms with van der Waals surface area (Å²) >= 11 is 0. The third kappa shape index (κ3) is 2.48. The van der Waals surface area contributed by atoms with Crippen LogP contribution in [0.5, 0.6) is 5.75 Å². The fourth-order valence-electron chi connectivity index (χ4n) is 1.45. The second-order valence-corrected chi connectivity index (χ2v) is 3.38. The van der Waals surface area contributed by atoms with Crippen LogP contribution in [-0.2, 0) is 0 Å². The summed E-state index contributed by atoms with van der Waals surface area (Å²) in [6.07, 6.45) is 5.50. The lowest BCUT2D eigenvalue weighted by molar-refractivity contribution is -0.741. The lowest BCUT2D eigenvalue weighted by atomic mass is 10.3. The van der Waals surface area contributed by atoms with Gasteiger partial charge in [-0.3, -0.25) is 0 Å². The lowest BCUT2D eigenvalue weighted by Gasteiger charge is -2.10. The highest BCUT2D eigenvalue weighted by molar-refractivity contribution is 5.21. The van der Waals surface area contributed by atoms with Crippen molar-refractivity contribution in [2.24, 2.45) is 0 Å². The highest BCUT2D eigenvalue weighted by atomic mass is 16.5. The molecule has 80 valence electrons. The number of pyridine rings is 1. The van der Waals surface area contributed by atoms with Crippen LogP contribution in [0.15, 0.2) is 73.6 Å². The molecule has 1 heterocycles. The molecule has 2 aromatic rings. The van der Waals surface area contributed by atoms with Gasteiger partial charge >= 0.3 is 6.23 Å². The molecule has 2 heteroatoms. The molecule has 0 aliphatic carbocycles. The van der Waals surface area contributed by atoms with Crippen molar-refractivity contribution < 1.29 is 9.30 Å². The van der Waals surface area contributed by atoms with E-state index in [1.165, 1.54) is 0 Å². The second kappa shape index (κ2) is 5.12. The van der Waals surface area contributed by atoms with E-state index in [1.54, 1.807) is 6.08 Å². The van der Waals surface area contributed by atoms with E-state index in [1.807, 2.05) is 65.5 Å². The van der Waals surface area contributed by atoms with Gasteiger partial charge in [0.15, 0.2) is 12.4 Å². The van der Waals surface area contributed by atoms with Crippen LogP contribution in [0.1, 0.15) is 6.23 Å². The predicted molar refractivity (Wildman–Crippen MR) is 62.9 cm³/mol. The van der Waals surface area contributed by atoms with Crippen molar-refractivity contribution in [3.8, 4) is 5.75 Å². The first-order valence-corrected chi connectivity index (χ1v) is 5.20. The van der Waals surface area contributed by atoms with Gasteiger partial charge in [0.1, 0.15) is 5.75 Å². The normalized spacial score (nSPS) is 11.8. The number of ether oxygens (including phenoxy) is 1. The molecule has 16 heavy (non-hydrogen) atoms. The number of para-hydroxylation sites is 1. The molecule has 0 fully saturated rings. The fraction of sp³-hybridized carbons (Fsp3) is 0.0714. The molecular formula is C14H14NO+. The molecule has 0 saturated heterocycles. The van der Waals surface area contributed by atoms with Crippen molar-refractivity contribution in [3.05, 3.63) is 73.6 Å². The van der Waals surface area contributed by atoms with Gasteiger partial charge in [-0.25, -0.2) is 0 Å². The Hall–Kier alpha value is -2.09. The zero-order valence-corrected chi connectivity index (χ0v) is 8.99. The van der Waals surface area contributed by atoms with Crippen LogP contribution < -0.4 is 9.30 Å². The van der Waals surface area contributed by atoms with E-state index in [-0.39, 0.29) is 6.23 Å². The maximum absolute atomic E-state index is 5.79. The zero-order valence-electron chi connectivity index (χ0n) is 8.99. The first-order chi connectivity index (χ1) is 7.90. The Morgan fingerprint density at radius 2 is 1.62 bits per heavy atom. The molecular weight excluding hydrogens is 198 g/mol. The number of rotatable bonds is 4. The Bertz CT molecular complexity index is 439. The van der Waals surface area contributed by atoms with Gasteiger partial charge in [0.2, 0.25) is 0 Å². The topological polar surface area (TPSA) is 13.1 Å². The van der Waals surface area contributed by atoms with Gasteiger partial charge in [-0.1, -0.05) is 30.8 Å². The highest BCUT2D eigenvalue weighted by Gasteiger charge is 2.14. The van der Waals surface area contributed by atoms with Crippen LogP contribution in [0.3, 0.4) is 0 Å². The molecule has 0 aliphatic heterocycles. The van der Waals surface area contributed by atoms with Crippen molar-refractivity contribution in [1.29, 1.82) is 0 Å². The van der Waals surface area contributed by atoms with E-state index in [9.17, 15) is 0 Å². The van der Waals surface area contributed by atoms with Gasteiger partial charge in [0, 0.05) is 18.2 Å². The summed E-state index contributed by atoms with van der Waals surface area (Å²) in [7, 11) is 0. The molecule has 2 nitrogen and oxygen atoms in total. The minimum atomic E-state index is -0.177. The molecule has 0 spiro atoms. The first kappa shape index (κ1) is 10.4. The van der Waals surface area contributed by atoms with Gasteiger partial charge in [-0.15, -0.1) is 0 Å². The van der Waals surface area contributed by atoms with E-state index < -0.39 is 0 Å². The summed E-state index contributed by atoms with van der Waals surface area (Å²) in [5.74, 6) is 0.837. The molecule has 0 amide bonds. The molecule has 0 radical (unpaired) electrons. The van der Waals surface area contributed by atoms with E-state index in [4.69, 9.17) is 4.74 Å². The number of nitrogens with zero attached hydrogens (tertiary/aromatic N) is 1. The van der Waals surface area contributed by atoms with Crippen LogP contribution in [-0.4, -0.2) is 0 Å². The molecule has 0 saturated carbocycles. The molecule has 1 atom stereocenters. The first-order valence-electron chi connectivity index (χ1n) is 5.20. The van der Waals surface area contributed by atoms with Crippen molar-refractivity contribution in [1.82, 2.24) is 0 Å². The molecule has 1 aromatic heterocycles. The minimum absolute atomic E-state index is 0.177. The predicted octanol–water partition coefficient (Wildman–Crippen LogP) is 2.74. The summed E-state index contributed by atoms with van der Waals surface area (Å²) in [6.45, 7) is 3.79. The molecule has 2 rings (SSSR count). The van der Waals surface area contributed by atoms with Crippen LogP contribution in [0.2, 0.25) is 0 Å². The summed E-state index contributed by atoms with van der Waals surface area (Å²) < 4.78 is 7.75. The average Bonchev–Trinajstić information content (AvgIpc) is 2.38. The van der Waals surface area contributed by atoms with Crippen LogP contribution in [0.4, 0.5) is 0 Å². The van der Waals surface area contributed by atoms with E-state index >= 15 is 0 Å². The minimum Gasteiger partial charge on any atom is -0.430 e. The molecule has 0 aliphatic rings. The third-order valence-electron chi connectivity index (χ3n) is 2.23. The standard InChI is InChI=1S/C14H14NO/c1-2-14(15-11-7-4-8-12-15)16-13-9-5-3-6-10-13/h2-12,14H,1H2/q+1. The number of aromatic nitrogens is 1. The van der Waals surface area contributed by atoms with Gasteiger partial charge < -0.3 is 4.74 Å². The molecule has 0 N–H and O–H groups in total. The zero-order chi connectivity index (χ0) is 11.2. The largest absolute Gasteiger partial charge is 0.430 e. The van der Waals surface area contributed by atoms with E-state index in [0.717, 1.165) is 5.75 Å². The Morgan fingerprint density at radius 1 is 1.00 bits per heavy atom. The van der Waals surface area contributed by atoms with Gasteiger partial charge in [0.05, 0.1) is 0 Å². The number of hydrogen-bond donors (Lipinski definition) is 0. The van der Waals surface area contributed by atoms with Crippen LogP contribution in [0, 0.1) is 0 Å². The van der Waals surface area contributed by atoms with Crippen molar-refractivity contribution in [3.63, 3.8) is 0 Å². The SMILES string of the molecule is C=CC(Oc1ccccc1)[n+]1ccccc1. The van der Waals surface area contributed by atoms with Gasteiger partial charge in [-0.2, -0.15) is 4.57 Å². The Morgan fingerprint density at radius 3 is 2.25 bits per heavy atom. The van der Waals surface area contributed by atoms with E-state index in [0.29, 0.717) is 0 Å². The molecule has 1 unspecified atom stereocenters. The summed E-state index contributed by atoms with van der Waals surface area (Å²) in [4.78, 5) is 0. The summed E-state index contributed by atoms with van der Waals surface area (Å²) in [5.41, 5.74) is 0. The van der Waals surface area contributed by atoms with Crippen LogP contribution in [0.25, 0.3) is 0 Å². The molecule has 1 aromatic carbocycles. The maximum atomic E-state index is 5.79. The highest BCUT2D eigenvalue weighted by Crippen LogP contribution is 2.13. The fourth-order valence-corrected chi connectivity index (χ4v) is 1.45. The maximum Gasteiger partial charge on any atom is 0.321 e. The summed E-state index contributed by atoms with van der Waals surface area (Å²) in [5, 5.41) is 0. The summed E-state index contributed by atoms with van der Waals surface area (Å²) in [6, 6.07) is 15.6. The average molecular weight is 212 g/mol. The Balaban J connectivity index is 2.16. The monoisotopic (exact) mass is 212 g/mol. The second-order valence-electron chi connectivity index (χ2n) is 3.38. The lowest BCUT2D eigenvalue weighted by Crippen LogP contribution is -2.40. The number of hydrogen-bond acceptors (Lipinski definition) is 1. The van der Waals surface area contributed by atoms with Crippen LogP contribution >= 0.6 is 0 Å². The quantitative estimate of drug-likeness (QED) is 0.561. The molecule has 0 bridgehead atoms. The van der Waals surface area contributed by atoms with E-state index in [2.05, 4.69) is 6.58 Å². The smallest absolute Gasteiger partial charge is 0.321 e. The third-order valence-corrected chi connectivity index (χ3v) is 2.23. The van der Waals surface area contributed by atoms with Crippen molar-refractivity contribution in [2.75, 3.05) is 0 Å². The van der Waals surface area contributed by atoms with Crippen molar-refractivity contribution >= 4 is 0 Å². The van der Waals surface area contributed by atoms with Gasteiger partial charge in [0.25, 0.3) is 0 Å². The van der Waals surface area contributed by atoms with Gasteiger partial charge in [-0.05, 0) is 12.1 Å². The Kier molecular flexibility index (Phi) is 3.34. The number of benzene rings is 1. The van der Waals surface area contributed by atoms with Crippen molar-refractivity contribution in [2.45, 2.75) is 6.23 Å².